The van der Waals surface area contributed by atoms with Crippen molar-refractivity contribution in [1.29, 1.82) is 0 Å². The van der Waals surface area contributed by atoms with Crippen LogP contribution >= 0.6 is 0 Å². The van der Waals surface area contributed by atoms with Gasteiger partial charge in [0.25, 0.3) is 0 Å². The fourth-order valence-corrected chi connectivity index (χ4v) is 0.947. The standard InChI is InChI=1S/C6H9NO3/c1-6(7)3-4(8)2-5(9)10-6/h2-3,7H2,1H3/t6-/m0/s1. The van der Waals surface area contributed by atoms with Gasteiger partial charge in [-0.3, -0.25) is 15.3 Å². The molecule has 0 bridgehead atoms. The first-order valence-corrected chi connectivity index (χ1v) is 3.02. The zero-order chi connectivity index (χ0) is 7.78. The van der Waals surface area contributed by atoms with E-state index >= 15 is 0 Å². The molecular formula is C6H9NO3. The van der Waals surface area contributed by atoms with E-state index in [9.17, 15) is 9.59 Å². The third kappa shape index (κ3) is 1.54. The average molecular weight is 143 g/mol. The number of carbonyl (C=O) groups excluding carboxylic acids is 2. The summed E-state index contributed by atoms with van der Waals surface area (Å²) in [7, 11) is 0. The smallest absolute Gasteiger partial charge is 0.315 e. The van der Waals surface area contributed by atoms with Gasteiger partial charge in [0.1, 0.15) is 12.2 Å². The Morgan fingerprint density at radius 1 is 1.60 bits per heavy atom. The summed E-state index contributed by atoms with van der Waals surface area (Å²) in [5, 5.41) is 0. The van der Waals surface area contributed by atoms with Gasteiger partial charge < -0.3 is 4.74 Å². The van der Waals surface area contributed by atoms with Crippen molar-refractivity contribution < 1.29 is 14.3 Å². The van der Waals surface area contributed by atoms with Crippen molar-refractivity contribution >= 4 is 11.8 Å². The molecule has 0 aromatic carbocycles. The number of rotatable bonds is 0. The predicted octanol–water partition coefficient (Wildman–Crippen LogP) is -0.433. The zero-order valence-electron chi connectivity index (χ0n) is 5.72. The number of hydrogen-bond donors (Lipinski definition) is 1. The van der Waals surface area contributed by atoms with Crippen LogP contribution in [0.15, 0.2) is 0 Å². The molecule has 1 rings (SSSR count). The fraction of sp³-hybridized carbons (Fsp3) is 0.667. The Bertz CT molecular complexity index is 167. The van der Waals surface area contributed by atoms with E-state index in [1.54, 1.807) is 0 Å². The van der Waals surface area contributed by atoms with Gasteiger partial charge in [-0.2, -0.15) is 0 Å². The van der Waals surface area contributed by atoms with Gasteiger partial charge in [-0.05, 0) is 6.92 Å². The molecule has 4 nitrogen and oxygen atoms in total. The molecule has 1 atom stereocenters. The third-order valence-electron chi connectivity index (χ3n) is 1.24. The summed E-state index contributed by atoms with van der Waals surface area (Å²) >= 11 is 0. The van der Waals surface area contributed by atoms with Crippen molar-refractivity contribution in [3.63, 3.8) is 0 Å². The van der Waals surface area contributed by atoms with Crippen LogP contribution in [0.3, 0.4) is 0 Å². The third-order valence-corrected chi connectivity index (χ3v) is 1.24. The normalized spacial score (nSPS) is 33.8. The van der Waals surface area contributed by atoms with E-state index in [0.29, 0.717) is 0 Å². The van der Waals surface area contributed by atoms with Crippen molar-refractivity contribution in [2.75, 3.05) is 0 Å². The number of carbonyl (C=O) groups is 2. The molecule has 4 heteroatoms. The summed E-state index contributed by atoms with van der Waals surface area (Å²) in [4.78, 5) is 21.3. The molecule has 1 aliphatic rings. The number of Topliss-reactive ketones (excluding diaryl/α,β-unsaturated/α-hetero) is 1. The molecule has 0 spiro atoms. The maximum atomic E-state index is 10.7. The molecule has 2 N–H and O–H groups in total. The van der Waals surface area contributed by atoms with E-state index in [0.717, 1.165) is 0 Å². The Kier molecular flexibility index (Phi) is 1.48. The highest BCUT2D eigenvalue weighted by Gasteiger charge is 2.33. The van der Waals surface area contributed by atoms with Gasteiger partial charge in [0.2, 0.25) is 0 Å². The van der Waals surface area contributed by atoms with Crippen molar-refractivity contribution in [3.05, 3.63) is 0 Å². The van der Waals surface area contributed by atoms with E-state index in [4.69, 9.17) is 5.73 Å². The Morgan fingerprint density at radius 2 is 2.20 bits per heavy atom. The van der Waals surface area contributed by atoms with Crippen LogP contribution in [0.4, 0.5) is 0 Å². The second-order valence-corrected chi connectivity index (χ2v) is 2.68. The van der Waals surface area contributed by atoms with E-state index in [1.165, 1.54) is 6.92 Å². The van der Waals surface area contributed by atoms with Crippen LogP contribution in [-0.4, -0.2) is 17.5 Å². The lowest BCUT2D eigenvalue weighted by Crippen LogP contribution is -2.47. The topological polar surface area (TPSA) is 69.4 Å². The van der Waals surface area contributed by atoms with Crippen LogP contribution in [-0.2, 0) is 14.3 Å². The van der Waals surface area contributed by atoms with Crippen molar-refractivity contribution in [2.24, 2.45) is 5.73 Å². The van der Waals surface area contributed by atoms with Crippen molar-refractivity contribution in [2.45, 2.75) is 25.5 Å². The van der Waals surface area contributed by atoms with Crippen LogP contribution in [0.5, 0.6) is 0 Å². The van der Waals surface area contributed by atoms with Gasteiger partial charge in [-0.15, -0.1) is 0 Å². The van der Waals surface area contributed by atoms with Gasteiger partial charge in [0, 0.05) is 0 Å². The minimum atomic E-state index is -1.08. The molecule has 0 radical (unpaired) electrons. The number of nitrogens with two attached hydrogens (primary N) is 1. The first kappa shape index (κ1) is 7.21. The second kappa shape index (κ2) is 2.05. The van der Waals surface area contributed by atoms with Gasteiger partial charge in [-0.1, -0.05) is 0 Å². The number of esters is 1. The summed E-state index contributed by atoms with van der Waals surface area (Å²) in [6.45, 7) is 1.52. The number of ketones is 1. The highest BCUT2D eigenvalue weighted by Crippen LogP contribution is 2.16. The monoisotopic (exact) mass is 143 g/mol. The van der Waals surface area contributed by atoms with Gasteiger partial charge >= 0.3 is 5.97 Å². The molecule has 0 saturated carbocycles. The molecule has 0 unspecified atom stereocenters. The van der Waals surface area contributed by atoms with Gasteiger partial charge in [0.15, 0.2) is 5.72 Å². The van der Waals surface area contributed by atoms with E-state index in [1.807, 2.05) is 0 Å². The molecule has 1 saturated heterocycles. The summed E-state index contributed by atoms with van der Waals surface area (Å²) in [5.74, 6) is -0.678. The van der Waals surface area contributed by atoms with Crippen molar-refractivity contribution in [1.82, 2.24) is 0 Å². The molecule has 0 aliphatic carbocycles. The summed E-state index contributed by atoms with van der Waals surface area (Å²) in [6, 6.07) is 0. The first-order chi connectivity index (χ1) is 4.49. The highest BCUT2D eigenvalue weighted by atomic mass is 16.6. The Labute approximate surface area is 58.3 Å². The zero-order valence-corrected chi connectivity index (χ0v) is 5.72. The van der Waals surface area contributed by atoms with Crippen LogP contribution < -0.4 is 5.73 Å². The minimum absolute atomic E-state index is 0.124. The van der Waals surface area contributed by atoms with Gasteiger partial charge in [0.05, 0.1) is 6.42 Å². The summed E-state index contributed by atoms with van der Waals surface area (Å²) in [5.41, 5.74) is 4.32. The van der Waals surface area contributed by atoms with E-state index in [2.05, 4.69) is 4.74 Å². The molecule has 1 aliphatic heterocycles. The average Bonchev–Trinajstić information content (AvgIpc) is 1.54. The van der Waals surface area contributed by atoms with E-state index < -0.39 is 11.7 Å². The second-order valence-electron chi connectivity index (χ2n) is 2.68. The maximum Gasteiger partial charge on any atom is 0.315 e. The van der Waals surface area contributed by atoms with Crippen LogP contribution in [0, 0.1) is 0 Å². The molecule has 1 heterocycles. The maximum absolute atomic E-state index is 10.7. The van der Waals surface area contributed by atoms with E-state index in [-0.39, 0.29) is 18.6 Å². The van der Waals surface area contributed by atoms with Gasteiger partial charge in [-0.25, -0.2) is 0 Å². The Balaban J connectivity index is 2.68. The summed E-state index contributed by atoms with van der Waals surface area (Å²) < 4.78 is 4.66. The first-order valence-electron chi connectivity index (χ1n) is 3.02. The minimum Gasteiger partial charge on any atom is -0.444 e. The van der Waals surface area contributed by atoms with Crippen LogP contribution in [0.1, 0.15) is 19.8 Å². The largest absolute Gasteiger partial charge is 0.444 e. The molecule has 0 aromatic rings. The van der Waals surface area contributed by atoms with Crippen LogP contribution in [0.2, 0.25) is 0 Å². The molecular weight excluding hydrogens is 134 g/mol. The molecule has 0 amide bonds. The number of hydrogen-bond acceptors (Lipinski definition) is 4. The quantitative estimate of drug-likeness (QED) is 0.369. The molecule has 1 fully saturated rings. The van der Waals surface area contributed by atoms with Crippen LogP contribution in [0.25, 0.3) is 0 Å². The lowest BCUT2D eigenvalue weighted by molar-refractivity contribution is -0.167. The number of cyclic esters (lactones) is 1. The molecule has 10 heavy (non-hydrogen) atoms. The summed E-state index contributed by atoms with van der Waals surface area (Å²) in [6.07, 6.45) is -0.00840. The number of ether oxygens (including phenoxy) is 1. The lowest BCUT2D eigenvalue weighted by atomic mass is 10.0. The SMILES string of the molecule is C[C@@]1(N)CC(=O)CC(=O)O1. The highest BCUT2D eigenvalue weighted by molar-refractivity contribution is 5.98. The Hall–Kier alpha value is -0.900. The molecule has 0 aromatic heterocycles. The molecule has 56 valence electrons. The predicted molar refractivity (Wildman–Crippen MR) is 32.9 cm³/mol. The Morgan fingerprint density at radius 3 is 2.60 bits per heavy atom. The fourth-order valence-electron chi connectivity index (χ4n) is 0.947. The van der Waals surface area contributed by atoms with Crippen molar-refractivity contribution in [3.8, 4) is 0 Å². The lowest BCUT2D eigenvalue weighted by Gasteiger charge is -2.27.